The maximum Gasteiger partial charge on any atom is 0.255 e. The van der Waals surface area contributed by atoms with Crippen molar-refractivity contribution < 1.29 is 14.3 Å². The Morgan fingerprint density at radius 1 is 0.885 bits per heavy atom. The fourth-order valence-electron chi connectivity index (χ4n) is 2.52. The SMILES string of the molecule is CCCOc1ccc(C(=O)Nc2ccc(C(=O)N(CC)CC)cc2)cc1. The fourth-order valence-corrected chi connectivity index (χ4v) is 2.52. The summed E-state index contributed by atoms with van der Waals surface area (Å²) in [5.41, 5.74) is 1.82. The highest BCUT2D eigenvalue weighted by atomic mass is 16.5. The van der Waals surface area contributed by atoms with Gasteiger partial charge in [0.2, 0.25) is 0 Å². The van der Waals surface area contributed by atoms with E-state index >= 15 is 0 Å². The van der Waals surface area contributed by atoms with Crippen molar-refractivity contribution in [2.75, 3.05) is 25.0 Å². The number of ether oxygens (including phenoxy) is 1. The maximum absolute atomic E-state index is 12.3. The van der Waals surface area contributed by atoms with Gasteiger partial charge in [0.15, 0.2) is 0 Å². The number of anilines is 1. The summed E-state index contributed by atoms with van der Waals surface area (Å²) in [7, 11) is 0. The third kappa shape index (κ3) is 5.09. The molecule has 0 saturated heterocycles. The van der Waals surface area contributed by atoms with Crippen LogP contribution in [0.1, 0.15) is 47.9 Å². The zero-order chi connectivity index (χ0) is 18.9. The molecule has 5 nitrogen and oxygen atoms in total. The van der Waals surface area contributed by atoms with Crippen molar-refractivity contribution in [1.29, 1.82) is 0 Å². The van der Waals surface area contributed by atoms with Crippen molar-refractivity contribution in [3.05, 3.63) is 59.7 Å². The Kier molecular flexibility index (Phi) is 7.21. The first-order valence-corrected chi connectivity index (χ1v) is 9.02. The molecule has 2 amide bonds. The van der Waals surface area contributed by atoms with E-state index in [1.165, 1.54) is 0 Å². The van der Waals surface area contributed by atoms with Gasteiger partial charge in [-0.15, -0.1) is 0 Å². The monoisotopic (exact) mass is 354 g/mol. The minimum atomic E-state index is -0.199. The average Bonchev–Trinajstić information content (AvgIpc) is 2.68. The molecular weight excluding hydrogens is 328 g/mol. The minimum absolute atomic E-state index is 0.00413. The van der Waals surface area contributed by atoms with Gasteiger partial charge in [-0.3, -0.25) is 9.59 Å². The Bertz CT molecular complexity index is 720. The van der Waals surface area contributed by atoms with Gasteiger partial charge >= 0.3 is 0 Å². The van der Waals surface area contributed by atoms with Gasteiger partial charge in [-0.1, -0.05) is 6.92 Å². The van der Waals surface area contributed by atoms with E-state index in [-0.39, 0.29) is 11.8 Å². The molecule has 0 atom stereocenters. The molecular formula is C21H26N2O3. The number of carbonyl (C=O) groups excluding carboxylic acids is 2. The van der Waals surface area contributed by atoms with Gasteiger partial charge in [-0.25, -0.2) is 0 Å². The lowest BCUT2D eigenvalue weighted by molar-refractivity contribution is 0.0773. The number of nitrogens with zero attached hydrogens (tertiary/aromatic N) is 1. The van der Waals surface area contributed by atoms with Crippen LogP contribution in [0.4, 0.5) is 5.69 Å². The van der Waals surface area contributed by atoms with Crippen LogP contribution in [0.25, 0.3) is 0 Å². The Morgan fingerprint density at radius 2 is 1.46 bits per heavy atom. The molecule has 26 heavy (non-hydrogen) atoms. The second-order valence-electron chi connectivity index (χ2n) is 5.88. The van der Waals surface area contributed by atoms with E-state index in [2.05, 4.69) is 5.32 Å². The van der Waals surface area contributed by atoms with Gasteiger partial charge in [-0.05, 0) is 68.8 Å². The van der Waals surface area contributed by atoms with Crippen molar-refractivity contribution >= 4 is 17.5 Å². The van der Waals surface area contributed by atoms with Crippen LogP contribution < -0.4 is 10.1 Å². The summed E-state index contributed by atoms with van der Waals surface area (Å²) in [5.74, 6) is 0.549. The van der Waals surface area contributed by atoms with E-state index in [0.717, 1.165) is 12.2 Å². The molecule has 0 radical (unpaired) electrons. The van der Waals surface area contributed by atoms with Crippen LogP contribution >= 0.6 is 0 Å². The van der Waals surface area contributed by atoms with E-state index in [4.69, 9.17) is 4.74 Å². The highest BCUT2D eigenvalue weighted by Gasteiger charge is 2.12. The first-order valence-electron chi connectivity index (χ1n) is 9.02. The maximum atomic E-state index is 12.3. The van der Waals surface area contributed by atoms with Crippen LogP contribution in [0, 0.1) is 0 Å². The first-order chi connectivity index (χ1) is 12.6. The fraction of sp³-hybridized carbons (Fsp3) is 0.333. The van der Waals surface area contributed by atoms with Crippen LogP contribution in [0.3, 0.4) is 0 Å². The predicted molar refractivity (Wildman–Crippen MR) is 104 cm³/mol. The minimum Gasteiger partial charge on any atom is -0.494 e. The Hall–Kier alpha value is -2.82. The van der Waals surface area contributed by atoms with Crippen LogP contribution in [0.5, 0.6) is 5.75 Å². The van der Waals surface area contributed by atoms with Crippen LogP contribution in [-0.2, 0) is 0 Å². The van der Waals surface area contributed by atoms with Gasteiger partial charge in [0, 0.05) is 29.9 Å². The molecule has 5 heteroatoms. The van der Waals surface area contributed by atoms with Gasteiger partial charge in [0.25, 0.3) is 11.8 Å². The second-order valence-corrected chi connectivity index (χ2v) is 5.88. The molecule has 0 aliphatic carbocycles. The molecule has 0 aliphatic rings. The summed E-state index contributed by atoms with van der Waals surface area (Å²) in [6.45, 7) is 7.95. The normalized spacial score (nSPS) is 10.3. The molecule has 2 aromatic rings. The van der Waals surface area contributed by atoms with E-state index in [1.807, 2.05) is 20.8 Å². The summed E-state index contributed by atoms with van der Waals surface area (Å²) in [6, 6.07) is 14.0. The molecule has 0 unspecified atom stereocenters. The number of carbonyl (C=O) groups is 2. The molecule has 1 N–H and O–H groups in total. The average molecular weight is 354 g/mol. The van der Waals surface area contributed by atoms with E-state index in [1.54, 1.807) is 53.4 Å². The van der Waals surface area contributed by atoms with Crippen molar-refractivity contribution in [1.82, 2.24) is 4.90 Å². The lowest BCUT2D eigenvalue weighted by Crippen LogP contribution is -2.30. The molecule has 0 heterocycles. The summed E-state index contributed by atoms with van der Waals surface area (Å²) in [4.78, 5) is 26.4. The summed E-state index contributed by atoms with van der Waals surface area (Å²) in [6.07, 6.45) is 0.939. The third-order valence-corrected chi connectivity index (χ3v) is 4.03. The van der Waals surface area contributed by atoms with E-state index in [0.29, 0.717) is 36.5 Å². The van der Waals surface area contributed by atoms with Gasteiger partial charge in [0.1, 0.15) is 5.75 Å². The largest absolute Gasteiger partial charge is 0.494 e. The van der Waals surface area contributed by atoms with Gasteiger partial charge in [-0.2, -0.15) is 0 Å². The quantitative estimate of drug-likeness (QED) is 0.772. The van der Waals surface area contributed by atoms with E-state index < -0.39 is 0 Å². The molecule has 0 fully saturated rings. The zero-order valence-electron chi connectivity index (χ0n) is 15.6. The summed E-state index contributed by atoms with van der Waals surface area (Å²) in [5, 5.41) is 2.84. The number of hydrogen-bond donors (Lipinski definition) is 1. The first kappa shape index (κ1) is 19.5. The van der Waals surface area contributed by atoms with Crippen LogP contribution in [-0.4, -0.2) is 36.4 Å². The molecule has 0 saturated carbocycles. The Labute approximate surface area is 155 Å². The number of rotatable bonds is 8. The number of hydrogen-bond acceptors (Lipinski definition) is 3. The third-order valence-electron chi connectivity index (χ3n) is 4.03. The summed E-state index contributed by atoms with van der Waals surface area (Å²) >= 11 is 0. The lowest BCUT2D eigenvalue weighted by atomic mass is 10.1. The second kappa shape index (κ2) is 9.61. The number of amides is 2. The van der Waals surface area contributed by atoms with Crippen LogP contribution in [0.2, 0.25) is 0 Å². The Morgan fingerprint density at radius 3 is 2.00 bits per heavy atom. The Balaban J connectivity index is 1.99. The highest BCUT2D eigenvalue weighted by Crippen LogP contribution is 2.16. The van der Waals surface area contributed by atoms with Crippen molar-refractivity contribution in [2.45, 2.75) is 27.2 Å². The van der Waals surface area contributed by atoms with Crippen molar-refractivity contribution in [3.63, 3.8) is 0 Å². The van der Waals surface area contributed by atoms with Gasteiger partial charge < -0.3 is 15.0 Å². The lowest BCUT2D eigenvalue weighted by Gasteiger charge is -2.18. The molecule has 0 aromatic heterocycles. The van der Waals surface area contributed by atoms with Gasteiger partial charge in [0.05, 0.1) is 6.61 Å². The smallest absolute Gasteiger partial charge is 0.255 e. The van der Waals surface area contributed by atoms with E-state index in [9.17, 15) is 9.59 Å². The van der Waals surface area contributed by atoms with Crippen molar-refractivity contribution in [3.8, 4) is 5.75 Å². The topological polar surface area (TPSA) is 58.6 Å². The highest BCUT2D eigenvalue weighted by molar-refractivity contribution is 6.04. The van der Waals surface area contributed by atoms with Crippen LogP contribution in [0.15, 0.2) is 48.5 Å². The predicted octanol–water partition coefficient (Wildman–Crippen LogP) is 4.21. The standard InChI is InChI=1S/C21H26N2O3/c1-4-15-26-19-13-9-16(10-14-19)20(24)22-18-11-7-17(8-12-18)21(25)23(5-2)6-3/h7-14H,4-6,15H2,1-3H3,(H,22,24). The summed E-state index contributed by atoms with van der Waals surface area (Å²) < 4.78 is 5.51. The molecule has 138 valence electrons. The molecule has 0 bridgehead atoms. The molecule has 2 aromatic carbocycles. The number of nitrogens with one attached hydrogen (secondary N) is 1. The molecule has 0 aliphatic heterocycles. The molecule has 2 rings (SSSR count). The van der Waals surface area contributed by atoms with Crippen molar-refractivity contribution in [2.24, 2.45) is 0 Å². The zero-order valence-corrected chi connectivity index (χ0v) is 15.6. The molecule has 0 spiro atoms. The number of benzene rings is 2.